The summed E-state index contributed by atoms with van der Waals surface area (Å²) in [6, 6.07) is 13.2. The first-order valence-electron chi connectivity index (χ1n) is 9.12. The summed E-state index contributed by atoms with van der Waals surface area (Å²) in [7, 11) is 0. The molecule has 0 unspecified atom stereocenters. The number of hydrogen-bond acceptors (Lipinski definition) is 5. The summed E-state index contributed by atoms with van der Waals surface area (Å²) in [5, 5.41) is 0. The molecule has 1 aliphatic heterocycles. The van der Waals surface area contributed by atoms with Gasteiger partial charge in [-0.25, -0.2) is 9.97 Å². The second-order valence-electron chi connectivity index (χ2n) is 6.59. The first-order valence-corrected chi connectivity index (χ1v) is 9.12. The molecule has 3 aromatic rings. The number of anilines is 1. The molecule has 0 saturated carbocycles. The molecule has 1 aliphatic rings. The number of rotatable bonds is 4. The predicted octanol–water partition coefficient (Wildman–Crippen LogP) is 1.60. The van der Waals surface area contributed by atoms with Gasteiger partial charge in [-0.05, 0) is 24.3 Å². The van der Waals surface area contributed by atoms with Crippen LogP contribution < -0.4 is 10.5 Å². The van der Waals surface area contributed by atoms with Crippen LogP contribution in [0, 0.1) is 0 Å². The third-order valence-electron chi connectivity index (χ3n) is 4.85. The number of piperazine rings is 1. The fourth-order valence-corrected chi connectivity index (χ4v) is 3.35. The highest BCUT2D eigenvalue weighted by atomic mass is 16.2. The van der Waals surface area contributed by atoms with Crippen LogP contribution in [0.15, 0.2) is 53.5 Å². The van der Waals surface area contributed by atoms with E-state index in [2.05, 4.69) is 19.9 Å². The van der Waals surface area contributed by atoms with E-state index >= 15 is 0 Å². The maximum Gasteiger partial charge on any atom is 0.270 e. The minimum atomic E-state index is -0.221. The number of fused-ring (bicyclic) bond motifs is 1. The van der Waals surface area contributed by atoms with Gasteiger partial charge in [0.15, 0.2) is 0 Å². The standard InChI is InChI=1S/C20H21N5O2/c26-19(25-13-11-24(12-14-25)18-7-3-4-10-21-18)9-8-17-20(27)23-16-6-2-1-5-15(16)22-17/h1-7,10H,8-9,11-14H2,(H,23,27). The van der Waals surface area contributed by atoms with Crippen LogP contribution in [0.4, 0.5) is 5.82 Å². The molecule has 2 aromatic heterocycles. The Hall–Kier alpha value is -3.22. The summed E-state index contributed by atoms with van der Waals surface area (Å²) >= 11 is 0. The van der Waals surface area contributed by atoms with E-state index in [4.69, 9.17) is 0 Å². The number of carbonyl (C=O) groups excluding carboxylic acids is 1. The molecule has 0 atom stereocenters. The van der Waals surface area contributed by atoms with Crippen molar-refractivity contribution >= 4 is 22.8 Å². The van der Waals surface area contributed by atoms with E-state index in [1.54, 1.807) is 6.20 Å². The third-order valence-corrected chi connectivity index (χ3v) is 4.85. The first-order chi connectivity index (χ1) is 13.2. The summed E-state index contributed by atoms with van der Waals surface area (Å²) in [6.07, 6.45) is 2.42. The molecule has 138 valence electrons. The summed E-state index contributed by atoms with van der Waals surface area (Å²) in [5.74, 6) is 1.00. The molecule has 27 heavy (non-hydrogen) atoms. The average Bonchev–Trinajstić information content (AvgIpc) is 2.73. The maximum absolute atomic E-state index is 12.5. The van der Waals surface area contributed by atoms with Crippen LogP contribution in [-0.2, 0) is 11.2 Å². The summed E-state index contributed by atoms with van der Waals surface area (Å²) < 4.78 is 0. The van der Waals surface area contributed by atoms with Crippen LogP contribution in [0.2, 0.25) is 0 Å². The zero-order chi connectivity index (χ0) is 18.6. The monoisotopic (exact) mass is 363 g/mol. The fourth-order valence-electron chi connectivity index (χ4n) is 3.35. The molecule has 3 heterocycles. The van der Waals surface area contributed by atoms with Crippen LogP contribution in [0.5, 0.6) is 0 Å². The van der Waals surface area contributed by atoms with Crippen LogP contribution in [0.1, 0.15) is 12.1 Å². The van der Waals surface area contributed by atoms with E-state index < -0.39 is 0 Å². The summed E-state index contributed by atoms with van der Waals surface area (Å²) in [5.41, 5.74) is 1.64. The number of hydrogen-bond donors (Lipinski definition) is 1. The van der Waals surface area contributed by atoms with Gasteiger partial charge in [0.1, 0.15) is 11.5 Å². The van der Waals surface area contributed by atoms with Gasteiger partial charge < -0.3 is 14.8 Å². The SMILES string of the molecule is O=C(CCc1nc2ccccc2[nH]c1=O)N1CCN(c2ccccn2)CC1. The maximum atomic E-state index is 12.5. The molecule has 0 aliphatic carbocycles. The topological polar surface area (TPSA) is 82.2 Å². The number of aryl methyl sites for hydroxylation is 1. The lowest BCUT2D eigenvalue weighted by molar-refractivity contribution is -0.131. The molecular formula is C20H21N5O2. The van der Waals surface area contributed by atoms with Gasteiger partial charge in [0, 0.05) is 45.2 Å². The highest BCUT2D eigenvalue weighted by Crippen LogP contribution is 2.13. The van der Waals surface area contributed by atoms with Gasteiger partial charge >= 0.3 is 0 Å². The Bertz CT molecular complexity index is 994. The molecular weight excluding hydrogens is 342 g/mol. The van der Waals surface area contributed by atoms with Gasteiger partial charge in [-0.1, -0.05) is 18.2 Å². The van der Waals surface area contributed by atoms with Crippen LogP contribution in [0.25, 0.3) is 11.0 Å². The Morgan fingerprint density at radius 2 is 1.81 bits per heavy atom. The molecule has 1 aromatic carbocycles. The van der Waals surface area contributed by atoms with E-state index in [0.717, 1.165) is 24.4 Å². The Kier molecular flexibility index (Phi) is 4.82. The fraction of sp³-hybridized carbons (Fsp3) is 0.300. The van der Waals surface area contributed by atoms with Gasteiger partial charge in [0.05, 0.1) is 11.0 Å². The number of aromatic nitrogens is 3. The highest BCUT2D eigenvalue weighted by molar-refractivity contribution is 5.77. The molecule has 0 radical (unpaired) electrons. The molecule has 1 fully saturated rings. The average molecular weight is 363 g/mol. The Morgan fingerprint density at radius 3 is 2.59 bits per heavy atom. The van der Waals surface area contributed by atoms with Gasteiger partial charge in [0.2, 0.25) is 5.91 Å². The molecule has 1 N–H and O–H groups in total. The normalized spacial score (nSPS) is 14.5. The van der Waals surface area contributed by atoms with E-state index in [1.807, 2.05) is 47.4 Å². The Labute approximate surface area is 156 Å². The lowest BCUT2D eigenvalue weighted by Crippen LogP contribution is -2.49. The molecule has 4 rings (SSSR count). The van der Waals surface area contributed by atoms with Crippen molar-refractivity contribution in [3.05, 3.63) is 64.7 Å². The van der Waals surface area contributed by atoms with Crippen molar-refractivity contribution < 1.29 is 4.79 Å². The second-order valence-corrected chi connectivity index (χ2v) is 6.59. The number of nitrogens with one attached hydrogen (secondary N) is 1. The van der Waals surface area contributed by atoms with Crippen LogP contribution in [-0.4, -0.2) is 51.9 Å². The number of benzene rings is 1. The van der Waals surface area contributed by atoms with Gasteiger partial charge in [-0.15, -0.1) is 0 Å². The van der Waals surface area contributed by atoms with E-state index in [0.29, 0.717) is 30.7 Å². The number of pyridine rings is 1. The van der Waals surface area contributed by atoms with Crippen molar-refractivity contribution in [1.29, 1.82) is 0 Å². The number of nitrogens with zero attached hydrogens (tertiary/aromatic N) is 4. The van der Waals surface area contributed by atoms with E-state index in [1.165, 1.54) is 0 Å². The zero-order valence-corrected chi connectivity index (χ0v) is 15.0. The van der Waals surface area contributed by atoms with E-state index in [9.17, 15) is 9.59 Å². The van der Waals surface area contributed by atoms with Gasteiger partial charge in [0.25, 0.3) is 5.56 Å². The highest BCUT2D eigenvalue weighted by Gasteiger charge is 2.22. The molecule has 0 bridgehead atoms. The molecule has 1 amide bonds. The van der Waals surface area contributed by atoms with Crippen molar-refractivity contribution in [3.8, 4) is 0 Å². The Balaban J connectivity index is 1.35. The van der Waals surface area contributed by atoms with Crippen molar-refractivity contribution in [2.75, 3.05) is 31.1 Å². The van der Waals surface area contributed by atoms with Crippen LogP contribution in [0.3, 0.4) is 0 Å². The van der Waals surface area contributed by atoms with Gasteiger partial charge in [-0.2, -0.15) is 0 Å². The number of H-pyrrole nitrogens is 1. The zero-order valence-electron chi connectivity index (χ0n) is 15.0. The van der Waals surface area contributed by atoms with Crippen molar-refractivity contribution in [2.24, 2.45) is 0 Å². The molecule has 7 nitrogen and oxygen atoms in total. The van der Waals surface area contributed by atoms with Crippen molar-refractivity contribution in [1.82, 2.24) is 19.9 Å². The minimum Gasteiger partial charge on any atom is -0.353 e. The number of amides is 1. The van der Waals surface area contributed by atoms with Crippen molar-refractivity contribution in [3.63, 3.8) is 0 Å². The first kappa shape index (κ1) is 17.2. The van der Waals surface area contributed by atoms with Crippen LogP contribution >= 0.6 is 0 Å². The third kappa shape index (κ3) is 3.81. The molecule has 0 spiro atoms. The molecule has 7 heteroatoms. The van der Waals surface area contributed by atoms with E-state index in [-0.39, 0.29) is 17.9 Å². The number of aromatic amines is 1. The minimum absolute atomic E-state index is 0.0602. The lowest BCUT2D eigenvalue weighted by atomic mass is 10.2. The van der Waals surface area contributed by atoms with Crippen molar-refractivity contribution in [2.45, 2.75) is 12.8 Å². The quantitative estimate of drug-likeness (QED) is 0.761. The largest absolute Gasteiger partial charge is 0.353 e. The lowest BCUT2D eigenvalue weighted by Gasteiger charge is -2.35. The predicted molar refractivity (Wildman–Crippen MR) is 104 cm³/mol. The smallest absolute Gasteiger partial charge is 0.270 e. The summed E-state index contributed by atoms with van der Waals surface area (Å²) in [6.45, 7) is 2.85. The second kappa shape index (κ2) is 7.57. The van der Waals surface area contributed by atoms with Gasteiger partial charge in [-0.3, -0.25) is 9.59 Å². The molecule has 1 saturated heterocycles. The Morgan fingerprint density at radius 1 is 1.04 bits per heavy atom. The summed E-state index contributed by atoms with van der Waals surface area (Å²) in [4.78, 5) is 40.3. The number of carbonyl (C=O) groups is 1. The number of para-hydroxylation sites is 2.